The van der Waals surface area contributed by atoms with Crippen molar-refractivity contribution < 1.29 is 33.9 Å². The van der Waals surface area contributed by atoms with Gasteiger partial charge in [-0.05, 0) is 4.57 Å². The van der Waals surface area contributed by atoms with Gasteiger partial charge in [0, 0.05) is 14.0 Å². The summed E-state index contributed by atoms with van der Waals surface area (Å²) in [5, 5.41) is 9.73. The van der Waals surface area contributed by atoms with Crippen LogP contribution in [-0.4, -0.2) is 17.1 Å². The lowest BCUT2D eigenvalue weighted by Crippen LogP contribution is -2.10. The summed E-state index contributed by atoms with van der Waals surface area (Å²) in [5.41, 5.74) is 2.43. The van der Waals surface area contributed by atoms with Crippen LogP contribution in [0.25, 0.3) is 0 Å². The molecule has 0 fully saturated rings. The van der Waals surface area contributed by atoms with E-state index in [1.165, 1.54) is 0 Å². The number of methoxy groups -OCH3 is 1. The molecule has 0 saturated heterocycles. The average molecular weight is 262 g/mol. The standard InChI is InChI=1S/C9H11NO3.HO3P/c1-5-8(11)7-6(3-10-5)4-13-9(7)12-2;1-4(2)3/h3,9,11H,4H2,1-2H3;(H,1,2,3)/p+1. The fourth-order valence-corrected chi connectivity index (χ4v) is 1.51. The molecule has 17 heavy (non-hydrogen) atoms. The average Bonchev–Trinajstić information content (AvgIpc) is 2.66. The fraction of sp³-hybridized carbons (Fsp3) is 0.444. The molecule has 7 nitrogen and oxygen atoms in total. The topological polar surface area (TPSA) is 113 Å². The first-order chi connectivity index (χ1) is 7.97. The summed E-state index contributed by atoms with van der Waals surface area (Å²) in [5.74, 6) is 0.238. The number of fused-ring (bicyclic) bond motifs is 1. The van der Waals surface area contributed by atoms with Crippen LogP contribution in [0.2, 0.25) is 0 Å². The Balaban J connectivity index is 0.000000317. The molecule has 3 N–H and O–H groups in total. The SMILES string of the molecule is COC1OCc2c[nH+]c(C)c(O)c21.O=[P+]([O-])O. The third-order valence-electron chi connectivity index (χ3n) is 2.26. The van der Waals surface area contributed by atoms with Crippen molar-refractivity contribution in [3.05, 3.63) is 23.0 Å². The van der Waals surface area contributed by atoms with Crippen molar-refractivity contribution in [3.8, 4) is 5.75 Å². The summed E-state index contributed by atoms with van der Waals surface area (Å²) < 4.78 is 19.0. The largest absolute Gasteiger partial charge is 0.567 e. The van der Waals surface area contributed by atoms with Crippen molar-refractivity contribution >= 4 is 8.25 Å². The molecule has 1 aliphatic rings. The molecule has 0 aliphatic carbocycles. The van der Waals surface area contributed by atoms with Crippen LogP contribution in [0.3, 0.4) is 0 Å². The van der Waals surface area contributed by atoms with E-state index in [0.29, 0.717) is 6.61 Å². The van der Waals surface area contributed by atoms with Gasteiger partial charge in [0.2, 0.25) is 5.69 Å². The van der Waals surface area contributed by atoms with Gasteiger partial charge in [-0.25, -0.2) is 4.98 Å². The van der Waals surface area contributed by atoms with E-state index in [1.807, 2.05) is 6.20 Å². The molecule has 2 atom stereocenters. The first-order valence-electron chi connectivity index (χ1n) is 4.68. The van der Waals surface area contributed by atoms with Crippen LogP contribution in [0.15, 0.2) is 6.20 Å². The molecule has 1 aromatic rings. The van der Waals surface area contributed by atoms with E-state index >= 15 is 0 Å². The zero-order chi connectivity index (χ0) is 13.0. The van der Waals surface area contributed by atoms with Gasteiger partial charge < -0.3 is 19.5 Å². The Morgan fingerprint density at radius 2 is 2.29 bits per heavy atom. The van der Waals surface area contributed by atoms with Crippen molar-refractivity contribution in [1.82, 2.24) is 0 Å². The molecular formula is C9H13NO6P+. The second-order valence-corrected chi connectivity index (χ2v) is 3.79. The molecule has 0 saturated carbocycles. The molecule has 0 spiro atoms. The van der Waals surface area contributed by atoms with Crippen LogP contribution in [0.5, 0.6) is 5.75 Å². The summed E-state index contributed by atoms with van der Waals surface area (Å²) in [6.07, 6.45) is 1.41. The maximum atomic E-state index is 9.73. The summed E-state index contributed by atoms with van der Waals surface area (Å²) in [4.78, 5) is 18.6. The van der Waals surface area contributed by atoms with Crippen molar-refractivity contribution in [2.75, 3.05) is 7.11 Å². The first-order valence-corrected chi connectivity index (χ1v) is 5.81. The minimum atomic E-state index is -3.12. The third-order valence-corrected chi connectivity index (χ3v) is 2.26. The number of aromatic hydroxyl groups is 1. The van der Waals surface area contributed by atoms with Gasteiger partial charge in [0.25, 0.3) is 0 Å². The molecule has 2 heterocycles. The number of pyridine rings is 1. The first kappa shape index (κ1) is 14.0. The van der Waals surface area contributed by atoms with Gasteiger partial charge in [-0.3, -0.25) is 0 Å². The predicted molar refractivity (Wildman–Crippen MR) is 53.8 cm³/mol. The van der Waals surface area contributed by atoms with Gasteiger partial charge >= 0.3 is 8.25 Å². The Labute approximate surface area is 98.6 Å². The molecule has 1 aromatic heterocycles. The van der Waals surface area contributed by atoms with Crippen LogP contribution in [0.1, 0.15) is 23.1 Å². The van der Waals surface area contributed by atoms with Crippen LogP contribution in [0, 0.1) is 6.92 Å². The van der Waals surface area contributed by atoms with E-state index in [4.69, 9.17) is 23.8 Å². The number of ether oxygens (including phenoxy) is 2. The second-order valence-electron chi connectivity index (χ2n) is 3.32. The number of H-pyrrole nitrogens is 1. The van der Waals surface area contributed by atoms with Gasteiger partial charge in [0.15, 0.2) is 18.2 Å². The fourth-order valence-electron chi connectivity index (χ4n) is 1.51. The lowest BCUT2D eigenvalue weighted by Gasteiger charge is -2.08. The number of aryl methyl sites for hydroxylation is 1. The van der Waals surface area contributed by atoms with E-state index in [1.54, 1.807) is 14.0 Å². The lowest BCUT2D eigenvalue weighted by molar-refractivity contribution is -0.389. The molecule has 2 rings (SSSR count). The Bertz CT molecular complexity index is 420. The number of nitrogens with one attached hydrogen (secondary N) is 1. The van der Waals surface area contributed by atoms with Gasteiger partial charge in [0.1, 0.15) is 0 Å². The smallest absolute Gasteiger partial charge is 0.485 e. The van der Waals surface area contributed by atoms with Crippen LogP contribution in [-0.2, 0) is 20.6 Å². The summed E-state index contributed by atoms with van der Waals surface area (Å²) in [6, 6.07) is 0. The Kier molecular flexibility index (Phi) is 4.92. The highest BCUT2D eigenvalue weighted by molar-refractivity contribution is 7.29. The zero-order valence-electron chi connectivity index (χ0n) is 9.34. The number of hydrogen-bond donors (Lipinski definition) is 2. The van der Waals surface area contributed by atoms with Gasteiger partial charge in [-0.1, -0.05) is 0 Å². The summed E-state index contributed by atoms with van der Waals surface area (Å²) >= 11 is 0. The highest BCUT2D eigenvalue weighted by Gasteiger charge is 2.30. The molecule has 2 unspecified atom stereocenters. The minimum Gasteiger partial charge on any atom is -0.567 e. The number of aromatic nitrogens is 1. The Hall–Kier alpha value is -1.11. The molecule has 94 valence electrons. The Morgan fingerprint density at radius 1 is 1.71 bits per heavy atom. The molecule has 0 aromatic carbocycles. The van der Waals surface area contributed by atoms with E-state index in [9.17, 15) is 5.11 Å². The zero-order valence-corrected chi connectivity index (χ0v) is 10.2. The maximum Gasteiger partial charge on any atom is 0.485 e. The summed E-state index contributed by atoms with van der Waals surface area (Å²) in [6.45, 7) is 2.29. The third kappa shape index (κ3) is 3.42. The summed E-state index contributed by atoms with van der Waals surface area (Å²) in [7, 11) is -1.56. The van der Waals surface area contributed by atoms with Gasteiger partial charge in [-0.15, -0.1) is 0 Å². The second kappa shape index (κ2) is 6.00. The molecule has 0 bridgehead atoms. The minimum absolute atomic E-state index is 0.238. The van der Waals surface area contributed by atoms with Crippen molar-refractivity contribution in [3.63, 3.8) is 0 Å². The van der Waals surface area contributed by atoms with Crippen LogP contribution >= 0.6 is 8.25 Å². The predicted octanol–water partition coefficient (Wildman–Crippen LogP) is -0.314. The van der Waals surface area contributed by atoms with Crippen molar-refractivity contribution in [2.24, 2.45) is 0 Å². The quantitative estimate of drug-likeness (QED) is 0.671. The molecule has 0 amide bonds. The molecule has 8 heteroatoms. The normalized spacial score (nSPS) is 18.1. The number of hydrogen-bond acceptors (Lipinski definition) is 5. The van der Waals surface area contributed by atoms with Crippen LogP contribution in [0.4, 0.5) is 0 Å². The van der Waals surface area contributed by atoms with Crippen molar-refractivity contribution in [1.29, 1.82) is 0 Å². The monoisotopic (exact) mass is 262 g/mol. The molecular weight excluding hydrogens is 249 g/mol. The van der Waals surface area contributed by atoms with E-state index in [0.717, 1.165) is 16.8 Å². The van der Waals surface area contributed by atoms with Crippen molar-refractivity contribution in [2.45, 2.75) is 19.8 Å². The molecule has 1 aliphatic heterocycles. The lowest BCUT2D eigenvalue weighted by atomic mass is 10.1. The Morgan fingerprint density at radius 3 is 2.82 bits per heavy atom. The van der Waals surface area contributed by atoms with E-state index in [-0.39, 0.29) is 5.75 Å². The van der Waals surface area contributed by atoms with Crippen LogP contribution < -0.4 is 9.88 Å². The molecule has 0 radical (unpaired) electrons. The number of aromatic amines is 1. The highest BCUT2D eigenvalue weighted by atomic mass is 31.1. The van der Waals surface area contributed by atoms with Gasteiger partial charge in [-0.2, -0.15) is 4.89 Å². The van der Waals surface area contributed by atoms with E-state index < -0.39 is 14.5 Å². The maximum absolute atomic E-state index is 9.73. The van der Waals surface area contributed by atoms with Gasteiger partial charge in [0.05, 0.1) is 17.7 Å². The number of rotatable bonds is 1. The highest BCUT2D eigenvalue weighted by Crippen LogP contribution is 2.36. The van der Waals surface area contributed by atoms with E-state index in [2.05, 4.69) is 4.98 Å².